The second kappa shape index (κ2) is 8.45. The predicted molar refractivity (Wildman–Crippen MR) is 116 cm³/mol. The fourth-order valence-corrected chi connectivity index (χ4v) is 5.72. The lowest BCUT2D eigenvalue weighted by Crippen LogP contribution is -2.51. The number of sulfonamides is 1. The lowest BCUT2D eigenvalue weighted by atomic mass is 10.2. The minimum Gasteiger partial charge on any atom is -0.339 e. The van der Waals surface area contributed by atoms with Crippen molar-refractivity contribution in [2.45, 2.75) is 31.5 Å². The van der Waals surface area contributed by atoms with Gasteiger partial charge in [0.05, 0.1) is 15.9 Å². The highest BCUT2D eigenvalue weighted by Crippen LogP contribution is 2.31. The molecule has 2 heterocycles. The van der Waals surface area contributed by atoms with Crippen LogP contribution >= 0.6 is 0 Å². The fraction of sp³-hybridized carbons (Fsp3) is 0.364. The number of para-hydroxylation sites is 2. The van der Waals surface area contributed by atoms with Crippen LogP contribution in [0.5, 0.6) is 0 Å². The minimum absolute atomic E-state index is 0.0677. The summed E-state index contributed by atoms with van der Waals surface area (Å²) in [5.41, 5.74) is 1.96. The molecular formula is C22H23F3N4O3S. The molecule has 0 bridgehead atoms. The predicted octanol–water partition coefficient (Wildman–Crippen LogP) is 3.21. The Kier molecular flexibility index (Phi) is 5.95. The first-order valence-electron chi connectivity index (χ1n) is 10.4. The molecule has 3 aromatic rings. The van der Waals surface area contributed by atoms with Crippen LogP contribution in [0.15, 0.2) is 47.4 Å². The van der Waals surface area contributed by atoms with E-state index in [9.17, 15) is 26.4 Å². The Labute approximate surface area is 189 Å². The van der Waals surface area contributed by atoms with Crippen LogP contribution in [0.3, 0.4) is 0 Å². The van der Waals surface area contributed by atoms with Gasteiger partial charge in [0.2, 0.25) is 21.8 Å². The van der Waals surface area contributed by atoms with E-state index >= 15 is 0 Å². The number of amides is 1. The molecule has 0 aliphatic carbocycles. The van der Waals surface area contributed by atoms with Gasteiger partial charge in [0.1, 0.15) is 6.54 Å². The number of imidazole rings is 1. The van der Waals surface area contributed by atoms with Gasteiger partial charge in [0, 0.05) is 26.2 Å². The number of carbonyl (C=O) groups is 1. The Balaban J connectivity index is 1.50. The van der Waals surface area contributed by atoms with E-state index in [1.165, 1.54) is 21.3 Å². The molecule has 11 heteroatoms. The van der Waals surface area contributed by atoms with Crippen molar-refractivity contribution < 1.29 is 26.4 Å². The molecule has 1 aromatic heterocycles. The van der Waals surface area contributed by atoms with Crippen LogP contribution in [-0.2, 0) is 27.5 Å². The Morgan fingerprint density at radius 3 is 2.33 bits per heavy atom. The molecule has 4 rings (SSSR count). The molecule has 7 nitrogen and oxygen atoms in total. The van der Waals surface area contributed by atoms with Crippen LogP contribution in [-0.4, -0.2) is 59.3 Å². The van der Waals surface area contributed by atoms with E-state index in [2.05, 4.69) is 4.98 Å². The standard InChI is InChI=1S/C22H23F3N4O3S/c1-15-7-8-19(16(2)13-15)33(31,32)28-11-9-27(10-12-28)20(30)14-29-18-6-4-3-5-17(18)26-21(29)22(23,24)25/h3-8,13H,9-12,14H2,1-2H3. The minimum atomic E-state index is -4.71. The summed E-state index contributed by atoms with van der Waals surface area (Å²) in [7, 11) is -3.73. The smallest absolute Gasteiger partial charge is 0.339 e. The molecule has 0 radical (unpaired) electrons. The van der Waals surface area contributed by atoms with Crippen molar-refractivity contribution in [3.8, 4) is 0 Å². The zero-order valence-electron chi connectivity index (χ0n) is 18.1. The number of rotatable bonds is 4. The number of hydrogen-bond acceptors (Lipinski definition) is 4. The Morgan fingerprint density at radius 1 is 1.03 bits per heavy atom. The van der Waals surface area contributed by atoms with Crippen LogP contribution in [0.1, 0.15) is 17.0 Å². The lowest BCUT2D eigenvalue weighted by Gasteiger charge is -2.34. The van der Waals surface area contributed by atoms with E-state index < -0.39 is 34.5 Å². The zero-order chi connectivity index (χ0) is 24.0. The van der Waals surface area contributed by atoms with Gasteiger partial charge >= 0.3 is 6.18 Å². The summed E-state index contributed by atoms with van der Waals surface area (Å²) in [6, 6.07) is 11.2. The van der Waals surface area contributed by atoms with Crippen molar-refractivity contribution in [2.24, 2.45) is 0 Å². The Bertz CT molecular complexity index is 1310. The molecular weight excluding hydrogens is 457 g/mol. The monoisotopic (exact) mass is 480 g/mol. The molecule has 2 aromatic carbocycles. The van der Waals surface area contributed by atoms with Crippen molar-refractivity contribution in [1.82, 2.24) is 18.8 Å². The summed E-state index contributed by atoms with van der Waals surface area (Å²) in [6.45, 7) is 3.40. The van der Waals surface area contributed by atoms with Gasteiger partial charge in [-0.25, -0.2) is 13.4 Å². The van der Waals surface area contributed by atoms with E-state index in [4.69, 9.17) is 0 Å². The highest BCUT2D eigenvalue weighted by Gasteiger charge is 2.38. The molecule has 1 fully saturated rings. The van der Waals surface area contributed by atoms with Gasteiger partial charge in [0.25, 0.3) is 0 Å². The third-order valence-electron chi connectivity index (χ3n) is 5.74. The van der Waals surface area contributed by atoms with Gasteiger partial charge in [-0.1, -0.05) is 29.8 Å². The second-order valence-corrected chi connectivity index (χ2v) is 9.97. The van der Waals surface area contributed by atoms with Crippen LogP contribution in [0.4, 0.5) is 13.2 Å². The number of benzene rings is 2. The van der Waals surface area contributed by atoms with Gasteiger partial charge in [-0.05, 0) is 37.6 Å². The molecule has 176 valence electrons. The molecule has 0 spiro atoms. The number of fused-ring (bicyclic) bond motifs is 1. The SMILES string of the molecule is Cc1ccc(S(=O)(=O)N2CCN(C(=O)Cn3c(C(F)(F)F)nc4ccccc43)CC2)c(C)c1. The van der Waals surface area contributed by atoms with Crippen molar-refractivity contribution in [1.29, 1.82) is 0 Å². The van der Waals surface area contributed by atoms with Gasteiger partial charge in [-0.3, -0.25) is 4.79 Å². The number of hydrogen-bond donors (Lipinski definition) is 0. The van der Waals surface area contributed by atoms with E-state index in [-0.39, 0.29) is 42.1 Å². The van der Waals surface area contributed by atoms with Crippen molar-refractivity contribution in [3.05, 3.63) is 59.4 Å². The van der Waals surface area contributed by atoms with Crippen molar-refractivity contribution in [3.63, 3.8) is 0 Å². The van der Waals surface area contributed by atoms with Crippen LogP contribution in [0.2, 0.25) is 0 Å². The van der Waals surface area contributed by atoms with E-state index in [0.29, 0.717) is 5.56 Å². The summed E-state index contributed by atoms with van der Waals surface area (Å²) < 4.78 is 68.8. The third-order valence-corrected chi connectivity index (χ3v) is 7.80. The van der Waals surface area contributed by atoms with Crippen LogP contribution in [0, 0.1) is 13.8 Å². The van der Waals surface area contributed by atoms with Crippen molar-refractivity contribution in [2.75, 3.05) is 26.2 Å². The zero-order valence-corrected chi connectivity index (χ0v) is 18.9. The van der Waals surface area contributed by atoms with E-state index in [1.807, 2.05) is 6.92 Å². The summed E-state index contributed by atoms with van der Waals surface area (Å²) in [5.74, 6) is -1.65. The summed E-state index contributed by atoms with van der Waals surface area (Å²) >= 11 is 0. The number of carbonyl (C=O) groups excluding carboxylic acids is 1. The molecule has 1 aliphatic heterocycles. The average Bonchev–Trinajstić information content (AvgIpc) is 3.12. The van der Waals surface area contributed by atoms with Gasteiger partial charge < -0.3 is 9.47 Å². The van der Waals surface area contributed by atoms with E-state index in [0.717, 1.165) is 10.1 Å². The van der Waals surface area contributed by atoms with Crippen LogP contribution in [0.25, 0.3) is 11.0 Å². The highest BCUT2D eigenvalue weighted by atomic mass is 32.2. The number of alkyl halides is 3. The number of aromatic nitrogens is 2. The Morgan fingerprint density at radius 2 is 1.70 bits per heavy atom. The van der Waals surface area contributed by atoms with Crippen LogP contribution < -0.4 is 0 Å². The quantitative estimate of drug-likeness (QED) is 0.575. The normalized spacial score (nSPS) is 15.8. The third kappa shape index (κ3) is 4.47. The maximum Gasteiger partial charge on any atom is 0.449 e. The summed E-state index contributed by atoms with van der Waals surface area (Å²) in [6.07, 6.45) is -4.71. The summed E-state index contributed by atoms with van der Waals surface area (Å²) in [5, 5.41) is 0. The maximum absolute atomic E-state index is 13.5. The molecule has 0 atom stereocenters. The number of aryl methyl sites for hydroxylation is 2. The highest BCUT2D eigenvalue weighted by molar-refractivity contribution is 7.89. The molecule has 1 amide bonds. The van der Waals surface area contributed by atoms with Gasteiger partial charge in [0.15, 0.2) is 0 Å². The largest absolute Gasteiger partial charge is 0.449 e. The first-order chi connectivity index (χ1) is 15.5. The molecule has 0 saturated carbocycles. The molecule has 1 aliphatic rings. The van der Waals surface area contributed by atoms with Gasteiger partial charge in [-0.15, -0.1) is 0 Å². The Hall–Kier alpha value is -2.92. The molecule has 1 saturated heterocycles. The van der Waals surface area contributed by atoms with Crippen molar-refractivity contribution >= 4 is 27.0 Å². The lowest BCUT2D eigenvalue weighted by molar-refractivity contribution is -0.148. The first-order valence-corrected chi connectivity index (χ1v) is 11.8. The maximum atomic E-state index is 13.5. The first kappa shape index (κ1) is 23.2. The number of halogens is 3. The van der Waals surface area contributed by atoms with Gasteiger partial charge in [-0.2, -0.15) is 17.5 Å². The number of nitrogens with zero attached hydrogens (tertiary/aromatic N) is 4. The molecule has 33 heavy (non-hydrogen) atoms. The molecule has 0 N–H and O–H groups in total. The topological polar surface area (TPSA) is 75.5 Å². The molecule has 0 unspecified atom stereocenters. The van der Waals surface area contributed by atoms with E-state index in [1.54, 1.807) is 37.3 Å². The second-order valence-electron chi connectivity index (χ2n) is 8.06. The average molecular weight is 481 g/mol. The number of piperazine rings is 1. The summed E-state index contributed by atoms with van der Waals surface area (Å²) in [4.78, 5) is 18.1. The fourth-order valence-electron chi connectivity index (χ4n) is 4.09.